The van der Waals surface area contributed by atoms with E-state index in [1.54, 1.807) is 6.07 Å². The van der Waals surface area contributed by atoms with Crippen LogP contribution in [0.1, 0.15) is 16.7 Å². The van der Waals surface area contributed by atoms with Gasteiger partial charge < -0.3 is 10.2 Å². The van der Waals surface area contributed by atoms with Crippen LogP contribution in [0.4, 0.5) is 0 Å². The topological polar surface area (TPSA) is 94.8 Å². The lowest BCUT2D eigenvalue weighted by atomic mass is 9.83. The zero-order valence-corrected chi connectivity index (χ0v) is 18.1. The molecule has 10 heteroatoms. The van der Waals surface area contributed by atoms with E-state index in [1.807, 2.05) is 0 Å². The van der Waals surface area contributed by atoms with Crippen LogP contribution in [0.25, 0.3) is 0 Å². The second-order valence-corrected chi connectivity index (χ2v) is 9.22. The van der Waals surface area contributed by atoms with E-state index in [2.05, 4.69) is 0 Å². The van der Waals surface area contributed by atoms with E-state index < -0.39 is 25.6 Å². The van der Waals surface area contributed by atoms with Crippen LogP contribution in [0.15, 0.2) is 54.6 Å². The molecule has 0 radical (unpaired) electrons. The van der Waals surface area contributed by atoms with Crippen molar-refractivity contribution in [3.63, 3.8) is 0 Å². The minimum absolute atomic E-state index is 0.0324. The van der Waals surface area contributed by atoms with Crippen molar-refractivity contribution in [1.82, 2.24) is 0 Å². The number of phenolic OH excluding ortho intramolecular Hbond substituents is 2. The molecule has 0 spiro atoms. The monoisotopic (exact) mass is 492 g/mol. The van der Waals surface area contributed by atoms with Crippen molar-refractivity contribution < 1.29 is 23.2 Å². The number of hydrogen-bond donors (Lipinski definition) is 3. The van der Waals surface area contributed by atoms with Gasteiger partial charge in [0.1, 0.15) is 5.75 Å². The fourth-order valence-corrected chi connectivity index (χ4v) is 5.76. The SMILES string of the molecule is O=S(=O)(O)C(c1ccccc1Cl)(c1cc(O)ccc1Cl)c1ccc(Cl)c(O)c1Cl. The molecule has 152 valence electrons. The number of hydrogen-bond acceptors (Lipinski definition) is 4. The summed E-state index contributed by atoms with van der Waals surface area (Å²) in [6, 6.07) is 11.8. The van der Waals surface area contributed by atoms with Gasteiger partial charge in [0.15, 0.2) is 10.5 Å². The predicted octanol–water partition coefficient (Wildman–Crippen LogP) is 5.89. The molecule has 0 aliphatic carbocycles. The van der Waals surface area contributed by atoms with E-state index in [0.29, 0.717) is 0 Å². The smallest absolute Gasteiger partial charge is 0.283 e. The summed E-state index contributed by atoms with van der Waals surface area (Å²) in [6.07, 6.45) is 0. The van der Waals surface area contributed by atoms with Gasteiger partial charge in [-0.25, -0.2) is 0 Å². The van der Waals surface area contributed by atoms with Crippen molar-refractivity contribution in [1.29, 1.82) is 0 Å². The molecule has 0 amide bonds. The van der Waals surface area contributed by atoms with E-state index in [9.17, 15) is 23.2 Å². The summed E-state index contributed by atoms with van der Waals surface area (Å²) in [5.74, 6) is -0.916. The number of phenols is 2. The Morgan fingerprint density at radius 3 is 1.93 bits per heavy atom. The molecule has 3 N–H and O–H groups in total. The Labute approximate surface area is 186 Å². The van der Waals surface area contributed by atoms with Gasteiger partial charge in [-0.15, -0.1) is 0 Å². The zero-order chi connectivity index (χ0) is 21.6. The van der Waals surface area contributed by atoms with Gasteiger partial charge >= 0.3 is 0 Å². The lowest BCUT2D eigenvalue weighted by Crippen LogP contribution is -2.39. The maximum Gasteiger partial charge on any atom is 0.283 e. The summed E-state index contributed by atoms with van der Waals surface area (Å²) in [5, 5.41) is 19.6. The first-order valence-electron chi connectivity index (χ1n) is 7.90. The quantitative estimate of drug-likeness (QED) is 0.311. The lowest BCUT2D eigenvalue weighted by Gasteiger charge is -2.34. The summed E-state index contributed by atoms with van der Waals surface area (Å²) < 4.78 is 34.0. The average molecular weight is 494 g/mol. The fourth-order valence-electron chi connectivity index (χ4n) is 3.19. The molecule has 1 atom stereocenters. The van der Waals surface area contributed by atoms with E-state index in [4.69, 9.17) is 46.4 Å². The molecule has 0 bridgehead atoms. The minimum Gasteiger partial charge on any atom is -0.508 e. The summed E-state index contributed by atoms with van der Waals surface area (Å²) in [7, 11) is -5.12. The van der Waals surface area contributed by atoms with Crippen molar-refractivity contribution in [2.45, 2.75) is 4.75 Å². The Morgan fingerprint density at radius 2 is 1.31 bits per heavy atom. The minimum atomic E-state index is -5.12. The van der Waals surface area contributed by atoms with Crippen LogP contribution in [-0.4, -0.2) is 23.2 Å². The molecule has 3 rings (SSSR count). The molecule has 0 saturated carbocycles. The van der Waals surface area contributed by atoms with Crippen LogP contribution >= 0.6 is 46.4 Å². The number of aromatic hydroxyl groups is 2. The van der Waals surface area contributed by atoms with Crippen LogP contribution in [0.2, 0.25) is 20.1 Å². The van der Waals surface area contributed by atoms with Crippen LogP contribution < -0.4 is 0 Å². The summed E-state index contributed by atoms with van der Waals surface area (Å²) >= 11 is 24.8. The van der Waals surface area contributed by atoms with Crippen molar-refractivity contribution in [3.8, 4) is 11.5 Å². The van der Waals surface area contributed by atoms with Gasteiger partial charge in [-0.1, -0.05) is 70.7 Å². The molecular weight excluding hydrogens is 482 g/mol. The number of halogens is 4. The third kappa shape index (κ3) is 3.54. The van der Waals surface area contributed by atoms with Gasteiger partial charge in [0.2, 0.25) is 0 Å². The van der Waals surface area contributed by atoms with Crippen molar-refractivity contribution in [2.24, 2.45) is 0 Å². The molecule has 3 aromatic rings. The maximum atomic E-state index is 13.0. The fraction of sp³-hybridized carbons (Fsp3) is 0.0526. The number of rotatable bonds is 4. The molecule has 3 aromatic carbocycles. The van der Waals surface area contributed by atoms with Gasteiger partial charge in [-0.05, 0) is 30.3 Å². The standard InChI is InChI=1S/C19H12Cl4O5S/c20-14-4-2-1-3-11(14)19(29(26,27)28,13-9-10(24)5-7-15(13)21)12-6-8-16(22)18(25)17(12)23/h1-9,24-25H,(H,26,27,28). The third-order valence-corrected chi connectivity index (χ3v) is 7.20. The molecular formula is C19H12Cl4O5S. The van der Waals surface area contributed by atoms with Gasteiger partial charge in [-0.3, -0.25) is 4.55 Å². The molecule has 0 aliphatic rings. The Balaban J connectivity index is 2.66. The Kier molecular flexibility index (Phi) is 5.98. The highest BCUT2D eigenvalue weighted by Gasteiger charge is 2.52. The van der Waals surface area contributed by atoms with Crippen LogP contribution in [0.5, 0.6) is 11.5 Å². The van der Waals surface area contributed by atoms with Crippen molar-refractivity contribution >= 4 is 56.5 Å². The predicted molar refractivity (Wildman–Crippen MR) is 114 cm³/mol. The molecule has 29 heavy (non-hydrogen) atoms. The highest BCUT2D eigenvalue weighted by atomic mass is 35.5. The van der Waals surface area contributed by atoms with Crippen molar-refractivity contribution in [2.75, 3.05) is 0 Å². The number of benzene rings is 3. The molecule has 0 heterocycles. The highest BCUT2D eigenvalue weighted by Crippen LogP contribution is 2.53. The van der Waals surface area contributed by atoms with Crippen molar-refractivity contribution in [3.05, 3.63) is 91.4 Å². The first kappa shape index (κ1) is 22.0. The Morgan fingerprint density at radius 1 is 0.724 bits per heavy atom. The highest BCUT2D eigenvalue weighted by molar-refractivity contribution is 7.87. The molecule has 5 nitrogen and oxygen atoms in total. The van der Waals surface area contributed by atoms with Gasteiger partial charge in [0.25, 0.3) is 10.1 Å². The Bertz CT molecular complexity index is 1210. The summed E-state index contributed by atoms with van der Waals surface area (Å²) in [6.45, 7) is 0. The third-order valence-electron chi connectivity index (χ3n) is 4.42. The van der Waals surface area contributed by atoms with Gasteiger partial charge in [0.05, 0.1) is 10.0 Å². The summed E-state index contributed by atoms with van der Waals surface area (Å²) in [5.41, 5.74) is -0.581. The zero-order valence-electron chi connectivity index (χ0n) is 14.3. The van der Waals surface area contributed by atoms with Crippen LogP contribution in [0, 0.1) is 0 Å². The molecule has 1 unspecified atom stereocenters. The molecule has 0 saturated heterocycles. The van der Waals surface area contributed by atoms with E-state index >= 15 is 0 Å². The normalized spacial score (nSPS) is 13.8. The average Bonchev–Trinajstić information content (AvgIpc) is 2.65. The lowest BCUT2D eigenvalue weighted by molar-refractivity contribution is 0.455. The van der Waals surface area contributed by atoms with E-state index in [1.165, 1.54) is 42.5 Å². The van der Waals surface area contributed by atoms with Gasteiger partial charge in [-0.2, -0.15) is 8.42 Å². The van der Waals surface area contributed by atoms with Crippen LogP contribution in [-0.2, 0) is 14.9 Å². The molecule has 0 aliphatic heterocycles. The van der Waals surface area contributed by atoms with Crippen LogP contribution in [0.3, 0.4) is 0 Å². The second-order valence-electron chi connectivity index (χ2n) is 6.06. The van der Waals surface area contributed by atoms with Gasteiger partial charge in [0, 0.05) is 26.7 Å². The molecule has 0 fully saturated rings. The van der Waals surface area contributed by atoms with E-state index in [0.717, 1.165) is 6.07 Å². The maximum absolute atomic E-state index is 13.0. The molecule has 0 aromatic heterocycles. The Hall–Kier alpha value is -1.67. The first-order valence-corrected chi connectivity index (χ1v) is 10.9. The largest absolute Gasteiger partial charge is 0.508 e. The second kappa shape index (κ2) is 7.87. The first-order chi connectivity index (χ1) is 13.5. The summed E-state index contributed by atoms with van der Waals surface area (Å²) in [4.78, 5) is 0. The van der Waals surface area contributed by atoms with E-state index in [-0.39, 0.29) is 37.5 Å².